The third-order valence-electron chi connectivity index (χ3n) is 5.53. The molecule has 0 aliphatic heterocycles. The van der Waals surface area contributed by atoms with Crippen LogP contribution in [-0.4, -0.2) is 28.4 Å². The van der Waals surface area contributed by atoms with Gasteiger partial charge >= 0.3 is 6.09 Å². The monoisotopic (exact) mass is 283 g/mol. The van der Waals surface area contributed by atoms with Gasteiger partial charge in [0.15, 0.2) is 0 Å². The number of carbonyl (C=O) groups excluding carboxylic acids is 1. The van der Waals surface area contributed by atoms with Crippen molar-refractivity contribution in [2.75, 3.05) is 0 Å². The van der Waals surface area contributed by atoms with Gasteiger partial charge in [-0.3, -0.25) is 0 Å². The summed E-state index contributed by atoms with van der Waals surface area (Å²) in [6.45, 7) is 12.2. The zero-order chi connectivity index (χ0) is 15.4. The van der Waals surface area contributed by atoms with E-state index in [-0.39, 0.29) is 28.6 Å². The van der Waals surface area contributed by atoms with Crippen LogP contribution >= 0.6 is 0 Å². The molecule has 3 rings (SSSR count). The number of nitrogens with one attached hydrogen (secondary N) is 1. The second-order valence-electron chi connectivity index (χ2n) is 8.61. The van der Waals surface area contributed by atoms with E-state index < -0.39 is 5.60 Å². The van der Waals surface area contributed by atoms with Crippen molar-refractivity contribution in [3.8, 4) is 0 Å². The van der Waals surface area contributed by atoms with Gasteiger partial charge in [-0.1, -0.05) is 20.8 Å². The minimum absolute atomic E-state index is 0.0118. The lowest BCUT2D eigenvalue weighted by atomic mass is 9.45. The molecule has 0 aromatic heterocycles. The number of hydrogen-bond acceptors (Lipinski definition) is 3. The maximum Gasteiger partial charge on any atom is 0.408 e. The van der Waals surface area contributed by atoms with Gasteiger partial charge in [0, 0.05) is 5.54 Å². The second kappa shape index (κ2) is 4.36. The Bertz CT molecular complexity index is 412. The van der Waals surface area contributed by atoms with Crippen LogP contribution in [0.3, 0.4) is 0 Å². The number of aliphatic hydroxyl groups excluding tert-OH is 1. The fourth-order valence-electron chi connectivity index (χ4n) is 4.04. The quantitative estimate of drug-likeness (QED) is 0.776. The molecule has 20 heavy (non-hydrogen) atoms. The molecule has 2 bridgehead atoms. The first-order valence-corrected chi connectivity index (χ1v) is 7.59. The van der Waals surface area contributed by atoms with Gasteiger partial charge < -0.3 is 15.2 Å². The van der Waals surface area contributed by atoms with E-state index in [1.54, 1.807) is 0 Å². The topological polar surface area (TPSA) is 58.6 Å². The van der Waals surface area contributed by atoms with Crippen molar-refractivity contribution in [1.29, 1.82) is 0 Å². The normalized spacial score (nSPS) is 39.5. The Morgan fingerprint density at radius 3 is 2.30 bits per heavy atom. The van der Waals surface area contributed by atoms with Crippen LogP contribution in [0, 0.1) is 10.8 Å². The smallest absolute Gasteiger partial charge is 0.408 e. The van der Waals surface area contributed by atoms with Crippen LogP contribution in [0.25, 0.3) is 0 Å². The lowest BCUT2D eigenvalue weighted by Crippen LogP contribution is -2.67. The molecule has 4 heteroatoms. The molecular weight excluding hydrogens is 254 g/mol. The molecule has 3 aliphatic rings. The third-order valence-corrected chi connectivity index (χ3v) is 5.53. The van der Waals surface area contributed by atoms with E-state index in [4.69, 9.17) is 4.74 Å². The number of hydrogen-bond donors (Lipinski definition) is 2. The number of fused-ring (bicyclic) bond motifs is 3. The number of alkyl carbamates (subject to hydrolysis) is 1. The summed E-state index contributed by atoms with van der Waals surface area (Å²) in [5.41, 5.74) is -0.849. The number of rotatable bonds is 1. The van der Waals surface area contributed by atoms with Crippen LogP contribution in [-0.2, 0) is 4.74 Å². The minimum atomic E-state index is -0.493. The van der Waals surface area contributed by atoms with Gasteiger partial charge in [0.25, 0.3) is 0 Å². The van der Waals surface area contributed by atoms with E-state index in [0.29, 0.717) is 6.42 Å². The van der Waals surface area contributed by atoms with Crippen molar-refractivity contribution in [2.24, 2.45) is 10.8 Å². The SMILES string of the molecule is CC(C)(C)OC(=O)N[C@@]12CC[C@@](C)([C@H](O)C1)C(C)(C)C2. The molecule has 0 radical (unpaired) electrons. The summed E-state index contributed by atoms with van der Waals surface area (Å²) >= 11 is 0. The van der Waals surface area contributed by atoms with Crippen molar-refractivity contribution in [2.45, 2.75) is 84.5 Å². The first-order chi connectivity index (χ1) is 8.89. The summed E-state index contributed by atoms with van der Waals surface area (Å²) < 4.78 is 5.38. The van der Waals surface area contributed by atoms with E-state index in [0.717, 1.165) is 19.3 Å². The first-order valence-electron chi connectivity index (χ1n) is 7.59. The van der Waals surface area contributed by atoms with Crippen molar-refractivity contribution >= 4 is 6.09 Å². The molecule has 0 unspecified atom stereocenters. The zero-order valence-corrected chi connectivity index (χ0v) is 13.7. The highest BCUT2D eigenvalue weighted by molar-refractivity contribution is 5.69. The van der Waals surface area contributed by atoms with E-state index in [1.807, 2.05) is 20.8 Å². The molecule has 2 N–H and O–H groups in total. The van der Waals surface area contributed by atoms with Crippen molar-refractivity contribution in [1.82, 2.24) is 5.32 Å². The van der Waals surface area contributed by atoms with Crippen LogP contribution in [0.5, 0.6) is 0 Å². The van der Waals surface area contributed by atoms with Gasteiger partial charge in [0.1, 0.15) is 5.60 Å². The summed E-state index contributed by atoms with van der Waals surface area (Å²) in [5, 5.41) is 13.6. The maximum absolute atomic E-state index is 12.1. The molecule has 3 atom stereocenters. The Labute approximate surface area is 122 Å². The Balaban J connectivity index is 2.14. The first kappa shape index (κ1) is 15.6. The van der Waals surface area contributed by atoms with Crippen LogP contribution in [0.15, 0.2) is 0 Å². The highest BCUT2D eigenvalue weighted by atomic mass is 16.6. The average molecular weight is 283 g/mol. The maximum atomic E-state index is 12.1. The number of carbonyl (C=O) groups is 1. The Kier molecular flexibility index (Phi) is 3.40. The fourth-order valence-corrected chi connectivity index (χ4v) is 4.04. The molecule has 3 fully saturated rings. The van der Waals surface area contributed by atoms with Gasteiger partial charge in [-0.25, -0.2) is 4.79 Å². The van der Waals surface area contributed by atoms with E-state index in [1.165, 1.54) is 0 Å². The highest BCUT2D eigenvalue weighted by Gasteiger charge is 2.61. The largest absolute Gasteiger partial charge is 0.444 e. The molecule has 3 aliphatic carbocycles. The zero-order valence-electron chi connectivity index (χ0n) is 13.7. The van der Waals surface area contributed by atoms with E-state index >= 15 is 0 Å². The molecule has 0 aromatic carbocycles. The Hall–Kier alpha value is -0.770. The third kappa shape index (κ3) is 2.54. The Morgan fingerprint density at radius 2 is 1.85 bits per heavy atom. The highest BCUT2D eigenvalue weighted by Crippen LogP contribution is 2.61. The molecule has 0 spiro atoms. The van der Waals surface area contributed by atoms with Crippen LogP contribution < -0.4 is 5.32 Å². The standard InChI is InChI=1S/C16H29NO3/c1-13(2,3)20-12(19)17-16-8-7-15(6,11(18)9-16)14(4,5)10-16/h11,18H,7-10H2,1-6H3,(H,17,19)/t11-,15+,16+/m1/s1. The number of ether oxygens (including phenoxy) is 1. The second-order valence-corrected chi connectivity index (χ2v) is 8.61. The minimum Gasteiger partial charge on any atom is -0.444 e. The average Bonchev–Trinajstić information content (AvgIpc) is 2.18. The molecule has 116 valence electrons. The number of amides is 1. The van der Waals surface area contributed by atoms with Crippen molar-refractivity contribution in [3.05, 3.63) is 0 Å². The fraction of sp³-hybridized carbons (Fsp3) is 0.938. The van der Waals surface area contributed by atoms with Gasteiger partial charge in [-0.05, 0) is 57.3 Å². The van der Waals surface area contributed by atoms with Gasteiger partial charge in [0.05, 0.1) is 6.10 Å². The summed E-state index contributed by atoms with van der Waals surface area (Å²) in [7, 11) is 0. The lowest BCUT2D eigenvalue weighted by molar-refractivity contribution is -0.161. The van der Waals surface area contributed by atoms with E-state index in [2.05, 4.69) is 26.1 Å². The van der Waals surface area contributed by atoms with Gasteiger partial charge in [-0.15, -0.1) is 0 Å². The van der Waals surface area contributed by atoms with Crippen molar-refractivity contribution < 1.29 is 14.6 Å². The molecule has 0 heterocycles. The summed E-state index contributed by atoms with van der Waals surface area (Å²) in [4.78, 5) is 12.1. The van der Waals surface area contributed by atoms with E-state index in [9.17, 15) is 9.90 Å². The Morgan fingerprint density at radius 1 is 1.25 bits per heavy atom. The summed E-state index contributed by atoms with van der Waals surface area (Å²) in [6.07, 6.45) is 2.65. The van der Waals surface area contributed by atoms with Crippen LogP contribution in [0.1, 0.15) is 67.2 Å². The summed E-state index contributed by atoms with van der Waals surface area (Å²) in [6, 6.07) is 0. The molecular formula is C16H29NO3. The molecule has 4 nitrogen and oxygen atoms in total. The van der Waals surface area contributed by atoms with Crippen molar-refractivity contribution in [3.63, 3.8) is 0 Å². The predicted molar refractivity (Wildman–Crippen MR) is 78.5 cm³/mol. The molecule has 1 amide bonds. The lowest BCUT2D eigenvalue weighted by Gasteiger charge is -2.63. The molecule has 3 saturated carbocycles. The number of aliphatic hydroxyl groups is 1. The van der Waals surface area contributed by atoms with Gasteiger partial charge in [0.2, 0.25) is 0 Å². The predicted octanol–water partition coefficient (Wildman–Crippen LogP) is 3.23. The van der Waals surface area contributed by atoms with Crippen LogP contribution in [0.2, 0.25) is 0 Å². The molecule has 0 aromatic rings. The van der Waals surface area contributed by atoms with Crippen LogP contribution in [0.4, 0.5) is 4.79 Å². The molecule has 0 saturated heterocycles. The summed E-state index contributed by atoms with van der Waals surface area (Å²) in [5.74, 6) is 0. The van der Waals surface area contributed by atoms with Gasteiger partial charge in [-0.2, -0.15) is 0 Å².